The topological polar surface area (TPSA) is 63.3 Å². The predicted molar refractivity (Wildman–Crippen MR) is 34.5 cm³/mol. The van der Waals surface area contributed by atoms with Crippen LogP contribution in [0.5, 0.6) is 0 Å². The summed E-state index contributed by atoms with van der Waals surface area (Å²) in [5, 5.41) is 13.5. The van der Waals surface area contributed by atoms with Gasteiger partial charge in [-0.25, -0.2) is 0 Å². The SMILES string of the molecule is CCC[SiH](N)C(=O)O. The van der Waals surface area contributed by atoms with E-state index in [9.17, 15) is 4.79 Å². The van der Waals surface area contributed by atoms with Gasteiger partial charge < -0.3 is 10.5 Å². The number of hydrogen-bond acceptors (Lipinski definition) is 2. The summed E-state index contributed by atoms with van der Waals surface area (Å²) in [4.78, 5) is 10.0. The molecule has 0 radical (unpaired) electrons. The Morgan fingerprint density at radius 1 is 1.88 bits per heavy atom. The minimum Gasteiger partial charge on any atom is -0.485 e. The van der Waals surface area contributed by atoms with E-state index in [2.05, 4.69) is 0 Å². The standard InChI is InChI=1S/C4H11NO2Si/c1-2-3-8(5)4(6)7/h8H,2-3,5H2,1H3,(H,6,7). The summed E-state index contributed by atoms with van der Waals surface area (Å²) in [5.41, 5.74) is -0.771. The number of carboxylic acid groups (broad SMARTS) is 1. The molecular formula is C4H11NO2Si. The van der Waals surface area contributed by atoms with E-state index in [0.717, 1.165) is 6.42 Å². The normalized spacial score (nSPS) is 13.2. The average Bonchev–Trinajstić information content (AvgIpc) is 1.67. The van der Waals surface area contributed by atoms with Gasteiger partial charge in [0, 0.05) is 0 Å². The van der Waals surface area contributed by atoms with Crippen LogP contribution in [0.4, 0.5) is 4.79 Å². The Hall–Kier alpha value is -0.353. The van der Waals surface area contributed by atoms with Crippen molar-refractivity contribution in [1.29, 1.82) is 0 Å². The Labute approximate surface area is 50.2 Å². The maximum Gasteiger partial charge on any atom is 0.283 e. The molecule has 0 saturated carbocycles. The molecule has 0 spiro atoms. The Morgan fingerprint density at radius 3 is 2.50 bits per heavy atom. The van der Waals surface area contributed by atoms with Crippen molar-refractivity contribution in [2.45, 2.75) is 19.4 Å². The third kappa shape index (κ3) is 2.76. The summed E-state index contributed by atoms with van der Waals surface area (Å²) >= 11 is 0. The van der Waals surface area contributed by atoms with Crippen molar-refractivity contribution in [3.8, 4) is 0 Å². The maximum atomic E-state index is 10.0. The van der Waals surface area contributed by atoms with Crippen LogP contribution in [0, 0.1) is 0 Å². The van der Waals surface area contributed by atoms with Crippen molar-refractivity contribution in [3.63, 3.8) is 0 Å². The first-order valence-corrected chi connectivity index (χ1v) is 4.73. The molecule has 1 atom stereocenters. The monoisotopic (exact) mass is 133 g/mol. The Balaban J connectivity index is 3.32. The molecule has 3 nitrogen and oxygen atoms in total. The van der Waals surface area contributed by atoms with E-state index in [1.807, 2.05) is 6.92 Å². The van der Waals surface area contributed by atoms with Crippen molar-refractivity contribution in [2.24, 2.45) is 5.40 Å². The largest absolute Gasteiger partial charge is 0.485 e. The second-order valence-corrected chi connectivity index (χ2v) is 4.02. The molecule has 0 saturated heterocycles. The first-order valence-electron chi connectivity index (χ1n) is 2.67. The van der Waals surface area contributed by atoms with Gasteiger partial charge in [0.2, 0.25) is 8.96 Å². The van der Waals surface area contributed by atoms with Gasteiger partial charge in [-0.15, -0.1) is 0 Å². The molecule has 48 valence electrons. The van der Waals surface area contributed by atoms with Crippen LogP contribution in [0.3, 0.4) is 0 Å². The molecular weight excluding hydrogens is 122 g/mol. The van der Waals surface area contributed by atoms with Crippen LogP contribution in [0.2, 0.25) is 6.04 Å². The van der Waals surface area contributed by atoms with Gasteiger partial charge in [-0.05, 0) is 6.04 Å². The molecule has 0 amide bonds. The van der Waals surface area contributed by atoms with Gasteiger partial charge in [-0.2, -0.15) is 0 Å². The number of hydrogen-bond donors (Lipinski definition) is 2. The van der Waals surface area contributed by atoms with E-state index < -0.39 is 14.6 Å². The van der Waals surface area contributed by atoms with Gasteiger partial charge >= 0.3 is 0 Å². The molecule has 0 aliphatic rings. The van der Waals surface area contributed by atoms with Crippen LogP contribution in [0.15, 0.2) is 0 Å². The lowest BCUT2D eigenvalue weighted by atomic mass is 10.6. The van der Waals surface area contributed by atoms with Crippen LogP contribution >= 0.6 is 0 Å². The lowest BCUT2D eigenvalue weighted by molar-refractivity contribution is 0.218. The summed E-state index contributed by atoms with van der Waals surface area (Å²) < 4.78 is 0. The molecule has 0 bridgehead atoms. The quantitative estimate of drug-likeness (QED) is 0.546. The van der Waals surface area contributed by atoms with Crippen molar-refractivity contribution in [2.75, 3.05) is 0 Å². The molecule has 0 aromatic heterocycles. The summed E-state index contributed by atoms with van der Waals surface area (Å²) in [6, 6.07) is 0.704. The highest BCUT2D eigenvalue weighted by Gasteiger charge is 2.11. The summed E-state index contributed by atoms with van der Waals surface area (Å²) in [6.07, 6.45) is 0.889. The number of rotatable bonds is 3. The maximum absolute atomic E-state index is 10.0. The highest BCUT2D eigenvalue weighted by Crippen LogP contribution is 1.90. The first kappa shape index (κ1) is 7.65. The van der Waals surface area contributed by atoms with Gasteiger partial charge in [0.1, 0.15) is 0 Å². The van der Waals surface area contributed by atoms with Gasteiger partial charge in [0.15, 0.2) is 0 Å². The van der Waals surface area contributed by atoms with E-state index in [0.29, 0.717) is 6.04 Å². The van der Waals surface area contributed by atoms with Crippen molar-refractivity contribution in [1.82, 2.24) is 0 Å². The summed E-state index contributed by atoms with van der Waals surface area (Å²) in [7, 11) is -1.86. The summed E-state index contributed by atoms with van der Waals surface area (Å²) in [5.74, 6) is 0. The molecule has 3 N–H and O–H groups in total. The van der Waals surface area contributed by atoms with Crippen molar-refractivity contribution in [3.05, 3.63) is 0 Å². The van der Waals surface area contributed by atoms with Crippen LogP contribution in [0.25, 0.3) is 0 Å². The zero-order chi connectivity index (χ0) is 6.57. The fraction of sp³-hybridized carbons (Fsp3) is 0.750. The lowest BCUT2D eigenvalue weighted by Crippen LogP contribution is -2.34. The zero-order valence-corrected chi connectivity index (χ0v) is 6.08. The van der Waals surface area contributed by atoms with Gasteiger partial charge in [0.25, 0.3) is 5.59 Å². The minimum atomic E-state index is -1.86. The molecule has 0 rings (SSSR count). The van der Waals surface area contributed by atoms with Crippen LogP contribution < -0.4 is 5.40 Å². The molecule has 0 aliphatic heterocycles. The van der Waals surface area contributed by atoms with Crippen LogP contribution in [0.1, 0.15) is 13.3 Å². The summed E-state index contributed by atoms with van der Waals surface area (Å²) in [6.45, 7) is 1.94. The molecule has 8 heavy (non-hydrogen) atoms. The van der Waals surface area contributed by atoms with E-state index in [1.165, 1.54) is 0 Å². The van der Waals surface area contributed by atoms with E-state index >= 15 is 0 Å². The highest BCUT2D eigenvalue weighted by molar-refractivity contribution is 6.85. The fourth-order valence-electron chi connectivity index (χ4n) is 0.434. The second-order valence-electron chi connectivity index (χ2n) is 1.73. The Bertz CT molecular complexity index is 86.1. The molecule has 0 aliphatic carbocycles. The smallest absolute Gasteiger partial charge is 0.283 e. The van der Waals surface area contributed by atoms with E-state index in [4.69, 9.17) is 10.5 Å². The molecule has 0 aromatic rings. The lowest BCUT2D eigenvalue weighted by Gasteiger charge is -1.97. The Kier molecular flexibility index (Phi) is 3.46. The fourth-order valence-corrected chi connectivity index (χ4v) is 1.30. The number of nitrogens with two attached hydrogens (primary N) is 1. The van der Waals surface area contributed by atoms with E-state index in [-0.39, 0.29) is 0 Å². The van der Waals surface area contributed by atoms with Crippen LogP contribution in [-0.2, 0) is 0 Å². The molecule has 0 aromatic carbocycles. The third-order valence-electron chi connectivity index (χ3n) is 0.917. The third-order valence-corrected chi connectivity index (χ3v) is 2.75. The van der Waals surface area contributed by atoms with Crippen molar-refractivity contribution >= 4 is 14.6 Å². The van der Waals surface area contributed by atoms with Crippen LogP contribution in [-0.4, -0.2) is 19.7 Å². The molecule has 0 fully saturated rings. The predicted octanol–water partition coefficient (Wildman–Crippen LogP) is 0.339. The zero-order valence-electron chi connectivity index (χ0n) is 4.92. The van der Waals surface area contributed by atoms with Gasteiger partial charge in [-0.3, -0.25) is 4.79 Å². The number of carbonyl (C=O) groups is 1. The van der Waals surface area contributed by atoms with E-state index in [1.54, 1.807) is 0 Å². The highest BCUT2D eigenvalue weighted by atomic mass is 28.3. The minimum absolute atomic E-state index is 0.704. The molecule has 0 heterocycles. The Morgan fingerprint density at radius 2 is 2.38 bits per heavy atom. The van der Waals surface area contributed by atoms with Gasteiger partial charge in [0.05, 0.1) is 0 Å². The van der Waals surface area contributed by atoms with Gasteiger partial charge in [-0.1, -0.05) is 13.3 Å². The van der Waals surface area contributed by atoms with Crippen molar-refractivity contribution < 1.29 is 9.90 Å². The second kappa shape index (κ2) is 3.62. The molecule has 4 heteroatoms. The average molecular weight is 133 g/mol. The molecule has 1 unspecified atom stereocenters. The first-order chi connectivity index (χ1) is 3.68.